The number of hydrogen-bond acceptors (Lipinski definition) is 5. The van der Waals surface area contributed by atoms with Crippen LogP contribution in [0.15, 0.2) is 21.9 Å². The van der Waals surface area contributed by atoms with Crippen molar-refractivity contribution in [2.75, 3.05) is 26.7 Å². The van der Waals surface area contributed by atoms with E-state index in [4.69, 9.17) is 4.42 Å². The van der Waals surface area contributed by atoms with Gasteiger partial charge in [0.15, 0.2) is 0 Å². The summed E-state index contributed by atoms with van der Waals surface area (Å²) in [5.41, 5.74) is 1.08. The van der Waals surface area contributed by atoms with Gasteiger partial charge in [-0.2, -0.15) is 0 Å². The number of rotatable bonds is 5. The fourth-order valence-electron chi connectivity index (χ4n) is 2.80. The van der Waals surface area contributed by atoms with Gasteiger partial charge in [0, 0.05) is 13.1 Å². The van der Waals surface area contributed by atoms with Crippen LogP contribution in [0.4, 0.5) is 0 Å². The highest BCUT2D eigenvalue weighted by Gasteiger charge is 2.23. The van der Waals surface area contributed by atoms with Crippen LogP contribution in [0.5, 0.6) is 0 Å². The smallest absolute Gasteiger partial charge is 0.236 e. The van der Waals surface area contributed by atoms with Crippen LogP contribution in [0, 0.1) is 12.8 Å². The average Bonchev–Trinajstić information content (AvgIpc) is 3.13. The number of likely N-dealkylation sites (tertiary alicyclic amines) is 1. The Balaban J connectivity index is 1.66. The van der Waals surface area contributed by atoms with Crippen molar-refractivity contribution in [3.63, 3.8) is 0 Å². The van der Waals surface area contributed by atoms with Crippen LogP contribution in [0.3, 0.4) is 0 Å². The van der Waals surface area contributed by atoms with E-state index in [2.05, 4.69) is 26.6 Å². The van der Waals surface area contributed by atoms with Gasteiger partial charge in [0.1, 0.15) is 5.76 Å². The Morgan fingerprint density at radius 1 is 1.55 bits per heavy atom. The Morgan fingerprint density at radius 3 is 3.20 bits per heavy atom. The third kappa shape index (κ3) is 2.95. The summed E-state index contributed by atoms with van der Waals surface area (Å²) in [6.45, 7) is 6.34. The molecule has 0 bridgehead atoms. The molecular formula is C15H21N3OS. The van der Waals surface area contributed by atoms with E-state index in [1.807, 2.05) is 20.0 Å². The molecule has 1 saturated heterocycles. The minimum Gasteiger partial charge on any atom is -0.440 e. The number of nitrogens with one attached hydrogen (secondary N) is 1. The number of nitrogens with zero attached hydrogens (tertiary/aromatic N) is 2. The van der Waals surface area contributed by atoms with E-state index in [-0.39, 0.29) is 0 Å². The number of thiophene rings is 1. The minimum atomic E-state index is 0.762. The quantitative estimate of drug-likeness (QED) is 0.919. The molecule has 1 fully saturated rings. The first-order valence-electron chi connectivity index (χ1n) is 7.13. The summed E-state index contributed by atoms with van der Waals surface area (Å²) in [7, 11) is 2.03. The summed E-state index contributed by atoms with van der Waals surface area (Å²) < 4.78 is 5.80. The van der Waals surface area contributed by atoms with Crippen molar-refractivity contribution < 1.29 is 4.42 Å². The maximum atomic E-state index is 5.80. The van der Waals surface area contributed by atoms with Crippen LogP contribution in [-0.2, 0) is 6.54 Å². The zero-order chi connectivity index (χ0) is 13.9. The topological polar surface area (TPSA) is 41.3 Å². The van der Waals surface area contributed by atoms with E-state index in [9.17, 15) is 0 Å². The van der Waals surface area contributed by atoms with E-state index in [0.29, 0.717) is 0 Å². The maximum absolute atomic E-state index is 5.80. The van der Waals surface area contributed by atoms with Crippen LogP contribution in [0.1, 0.15) is 17.9 Å². The number of hydrogen-bond donors (Lipinski definition) is 1. The van der Waals surface area contributed by atoms with E-state index in [0.717, 1.165) is 54.3 Å². The van der Waals surface area contributed by atoms with Crippen molar-refractivity contribution in [1.29, 1.82) is 0 Å². The predicted molar refractivity (Wildman–Crippen MR) is 81.9 cm³/mol. The Kier molecular flexibility index (Phi) is 4.19. The van der Waals surface area contributed by atoms with E-state index in [1.54, 1.807) is 11.3 Å². The molecule has 0 amide bonds. The molecule has 0 aromatic carbocycles. The fraction of sp³-hybridized carbons (Fsp3) is 0.533. The molecule has 0 aliphatic carbocycles. The molecule has 1 atom stereocenters. The molecule has 3 rings (SSSR count). The van der Waals surface area contributed by atoms with Crippen LogP contribution in [-0.4, -0.2) is 36.6 Å². The second kappa shape index (κ2) is 6.08. The summed E-state index contributed by atoms with van der Waals surface area (Å²) >= 11 is 1.67. The molecule has 1 aliphatic rings. The zero-order valence-electron chi connectivity index (χ0n) is 12.1. The van der Waals surface area contributed by atoms with Crippen LogP contribution < -0.4 is 5.32 Å². The molecule has 3 heterocycles. The molecule has 4 nitrogen and oxygen atoms in total. The summed E-state index contributed by atoms with van der Waals surface area (Å²) in [4.78, 5) is 8.26. The van der Waals surface area contributed by atoms with Crippen molar-refractivity contribution in [1.82, 2.24) is 15.2 Å². The third-order valence-corrected chi connectivity index (χ3v) is 4.72. The predicted octanol–water partition coefficient (Wildman–Crippen LogP) is 2.75. The SMILES string of the molecule is CNCC1CCN(Cc2nc(-c3cccs3)oc2C)C1. The van der Waals surface area contributed by atoms with Crippen LogP contribution in [0.25, 0.3) is 10.8 Å². The second-order valence-corrected chi connectivity index (χ2v) is 6.39. The van der Waals surface area contributed by atoms with Gasteiger partial charge < -0.3 is 9.73 Å². The minimum absolute atomic E-state index is 0.762. The monoisotopic (exact) mass is 291 g/mol. The highest BCUT2D eigenvalue weighted by atomic mass is 32.1. The van der Waals surface area contributed by atoms with Crippen molar-refractivity contribution in [3.05, 3.63) is 29.0 Å². The molecule has 1 N–H and O–H groups in total. The van der Waals surface area contributed by atoms with Crippen molar-refractivity contribution in [3.8, 4) is 10.8 Å². The number of aryl methyl sites for hydroxylation is 1. The summed E-state index contributed by atoms with van der Waals surface area (Å²) in [5.74, 6) is 2.48. The molecule has 20 heavy (non-hydrogen) atoms. The average molecular weight is 291 g/mol. The molecule has 1 aliphatic heterocycles. The third-order valence-electron chi connectivity index (χ3n) is 3.86. The summed E-state index contributed by atoms with van der Waals surface area (Å²) in [6, 6.07) is 4.08. The molecule has 0 radical (unpaired) electrons. The lowest BCUT2D eigenvalue weighted by molar-refractivity contribution is 0.310. The number of oxazole rings is 1. The van der Waals surface area contributed by atoms with Gasteiger partial charge in [0.25, 0.3) is 0 Å². The van der Waals surface area contributed by atoms with Gasteiger partial charge in [0.05, 0.1) is 10.6 Å². The van der Waals surface area contributed by atoms with E-state index in [1.165, 1.54) is 6.42 Å². The number of aromatic nitrogens is 1. The van der Waals surface area contributed by atoms with Gasteiger partial charge in [-0.1, -0.05) is 6.07 Å². The molecule has 2 aromatic rings. The maximum Gasteiger partial charge on any atom is 0.236 e. The van der Waals surface area contributed by atoms with Crippen molar-refractivity contribution in [2.24, 2.45) is 5.92 Å². The Hall–Kier alpha value is -1.17. The largest absolute Gasteiger partial charge is 0.440 e. The molecule has 0 saturated carbocycles. The van der Waals surface area contributed by atoms with Gasteiger partial charge in [-0.15, -0.1) is 11.3 Å². The normalized spacial score (nSPS) is 19.8. The molecule has 108 valence electrons. The Bertz CT molecular complexity index is 549. The Morgan fingerprint density at radius 2 is 2.45 bits per heavy atom. The summed E-state index contributed by atoms with van der Waals surface area (Å²) in [6.07, 6.45) is 1.27. The van der Waals surface area contributed by atoms with Crippen molar-refractivity contribution >= 4 is 11.3 Å². The van der Waals surface area contributed by atoms with Crippen LogP contribution in [0.2, 0.25) is 0 Å². The zero-order valence-corrected chi connectivity index (χ0v) is 12.9. The molecule has 0 spiro atoms. The lowest BCUT2D eigenvalue weighted by Crippen LogP contribution is -2.24. The first-order chi connectivity index (χ1) is 9.76. The fourth-order valence-corrected chi connectivity index (χ4v) is 3.45. The van der Waals surface area contributed by atoms with Crippen LogP contribution >= 0.6 is 11.3 Å². The van der Waals surface area contributed by atoms with Gasteiger partial charge >= 0.3 is 0 Å². The molecule has 2 aromatic heterocycles. The van der Waals surface area contributed by atoms with Gasteiger partial charge in [-0.25, -0.2) is 4.98 Å². The van der Waals surface area contributed by atoms with Gasteiger partial charge in [0.2, 0.25) is 5.89 Å². The lowest BCUT2D eigenvalue weighted by Gasteiger charge is -2.14. The first-order valence-corrected chi connectivity index (χ1v) is 8.01. The first kappa shape index (κ1) is 13.8. The second-order valence-electron chi connectivity index (χ2n) is 5.45. The van der Waals surface area contributed by atoms with E-state index < -0.39 is 0 Å². The van der Waals surface area contributed by atoms with Gasteiger partial charge in [-0.05, 0) is 50.8 Å². The van der Waals surface area contributed by atoms with Gasteiger partial charge in [-0.3, -0.25) is 4.90 Å². The highest BCUT2D eigenvalue weighted by molar-refractivity contribution is 7.13. The molecule has 5 heteroatoms. The highest BCUT2D eigenvalue weighted by Crippen LogP contribution is 2.27. The Labute approximate surface area is 123 Å². The molecule has 1 unspecified atom stereocenters. The standard InChI is InChI=1S/C15H21N3OS/c1-11-13(10-18-6-5-12(9-18)8-16-2)17-15(19-11)14-4-3-7-20-14/h3-4,7,12,16H,5-6,8-10H2,1-2H3. The van der Waals surface area contributed by atoms with E-state index >= 15 is 0 Å². The molecular weight excluding hydrogens is 270 g/mol. The summed E-state index contributed by atoms with van der Waals surface area (Å²) in [5, 5.41) is 5.32. The van der Waals surface area contributed by atoms with Crippen molar-refractivity contribution in [2.45, 2.75) is 19.9 Å². The lowest BCUT2D eigenvalue weighted by atomic mass is 10.1.